The van der Waals surface area contributed by atoms with E-state index in [4.69, 9.17) is 9.90 Å². The lowest BCUT2D eigenvalue weighted by Gasteiger charge is -2.22. The summed E-state index contributed by atoms with van der Waals surface area (Å²) in [6, 6.07) is 9.67. The first-order valence-corrected chi connectivity index (χ1v) is 11.0. The van der Waals surface area contributed by atoms with Crippen molar-refractivity contribution in [2.45, 2.75) is 25.4 Å². The van der Waals surface area contributed by atoms with Gasteiger partial charge in [-0.1, -0.05) is 18.2 Å². The van der Waals surface area contributed by atoms with E-state index >= 15 is 0 Å². The lowest BCUT2D eigenvalue weighted by Crippen LogP contribution is -2.36. The third kappa shape index (κ3) is 6.99. The van der Waals surface area contributed by atoms with E-state index in [-0.39, 0.29) is 29.9 Å². The fourth-order valence-corrected chi connectivity index (χ4v) is 4.97. The molecule has 2 heterocycles. The number of carbonyl (C=O) groups excluding carboxylic acids is 1. The van der Waals surface area contributed by atoms with Crippen molar-refractivity contribution in [1.82, 2.24) is 20.0 Å². The van der Waals surface area contributed by atoms with Crippen LogP contribution in [0.1, 0.15) is 18.4 Å². The van der Waals surface area contributed by atoms with Crippen LogP contribution in [0.3, 0.4) is 0 Å². The van der Waals surface area contributed by atoms with Gasteiger partial charge in [0.25, 0.3) is 6.47 Å². The van der Waals surface area contributed by atoms with Crippen molar-refractivity contribution < 1.29 is 23.1 Å². The van der Waals surface area contributed by atoms with Gasteiger partial charge in [-0.25, -0.2) is 13.1 Å². The summed E-state index contributed by atoms with van der Waals surface area (Å²) in [5.41, 5.74) is 1.92. The maximum Gasteiger partial charge on any atom is 0.290 e. The Labute approximate surface area is 170 Å². The molecular formula is C19H26N4O5S. The molecule has 0 aliphatic carbocycles. The van der Waals surface area contributed by atoms with Gasteiger partial charge < -0.3 is 15.3 Å². The normalized spacial score (nSPS) is 17.4. The van der Waals surface area contributed by atoms with E-state index in [1.54, 1.807) is 10.9 Å². The second kappa shape index (κ2) is 10.7. The largest absolute Gasteiger partial charge is 0.483 e. The summed E-state index contributed by atoms with van der Waals surface area (Å²) in [6.07, 6.45) is 4.58. The molecule has 1 fully saturated rings. The molecule has 1 aliphatic rings. The second-order valence-electron chi connectivity index (χ2n) is 6.75. The van der Waals surface area contributed by atoms with Crippen LogP contribution in [0, 0.1) is 0 Å². The van der Waals surface area contributed by atoms with Crippen LogP contribution < -0.4 is 5.32 Å². The van der Waals surface area contributed by atoms with Gasteiger partial charge in [-0.2, -0.15) is 5.10 Å². The molecule has 9 nitrogen and oxygen atoms in total. The van der Waals surface area contributed by atoms with Gasteiger partial charge in [0.15, 0.2) is 9.84 Å². The number of sulfone groups is 1. The Hall–Kier alpha value is -2.72. The minimum Gasteiger partial charge on any atom is -0.483 e. The van der Waals surface area contributed by atoms with E-state index in [1.807, 2.05) is 48.5 Å². The number of rotatable bonds is 7. The topological polar surface area (TPSA) is 122 Å². The molecule has 3 rings (SSSR count). The van der Waals surface area contributed by atoms with Crippen molar-refractivity contribution in [3.63, 3.8) is 0 Å². The van der Waals surface area contributed by atoms with Crippen molar-refractivity contribution in [3.05, 3.63) is 48.3 Å². The van der Waals surface area contributed by atoms with Crippen LogP contribution in [0.25, 0.3) is 5.69 Å². The molecule has 1 atom stereocenters. The zero-order valence-corrected chi connectivity index (χ0v) is 17.1. The predicted molar refractivity (Wildman–Crippen MR) is 108 cm³/mol. The molecule has 29 heavy (non-hydrogen) atoms. The summed E-state index contributed by atoms with van der Waals surface area (Å²) in [7, 11) is -1.02. The molecule has 10 heteroatoms. The number of carbonyl (C=O) groups is 2. The zero-order valence-electron chi connectivity index (χ0n) is 16.3. The Kier molecular flexibility index (Phi) is 8.34. The molecule has 1 amide bonds. The first-order valence-electron chi connectivity index (χ1n) is 9.19. The number of hydrogen-bond acceptors (Lipinski definition) is 6. The highest BCUT2D eigenvalue weighted by atomic mass is 32.2. The van der Waals surface area contributed by atoms with E-state index in [0.29, 0.717) is 25.9 Å². The van der Waals surface area contributed by atoms with Gasteiger partial charge in [0, 0.05) is 37.9 Å². The first-order chi connectivity index (χ1) is 13.9. The quantitative estimate of drug-likeness (QED) is 0.630. The average Bonchev–Trinajstić information content (AvgIpc) is 3.35. The number of nitrogens with zero attached hydrogens (tertiary/aromatic N) is 3. The van der Waals surface area contributed by atoms with Crippen LogP contribution in [0.4, 0.5) is 0 Å². The van der Waals surface area contributed by atoms with Gasteiger partial charge >= 0.3 is 0 Å². The highest BCUT2D eigenvalue weighted by Gasteiger charge is 2.30. The summed E-state index contributed by atoms with van der Waals surface area (Å²) in [4.78, 5) is 22.5. The third-order valence-corrected chi connectivity index (χ3v) is 6.49. The second-order valence-corrected chi connectivity index (χ2v) is 8.98. The van der Waals surface area contributed by atoms with E-state index in [2.05, 4.69) is 10.4 Å². The standard InChI is InChI=1S/C18H24N4O3S.CH2O2/c1-21(16-8-12-26(24,25)14-16)11-7-18(23)19-13-15-5-2-3-6-17(15)22-10-4-9-20-22;2-1-3/h2-6,9-10,16H,7-8,11-14H2,1H3,(H,19,23);1H,(H,2,3). The monoisotopic (exact) mass is 422 g/mol. The minimum atomic E-state index is -2.90. The Balaban J connectivity index is 0.000000941. The van der Waals surface area contributed by atoms with Crippen LogP contribution in [0.5, 0.6) is 0 Å². The van der Waals surface area contributed by atoms with Crippen molar-refractivity contribution in [2.24, 2.45) is 0 Å². The summed E-state index contributed by atoms with van der Waals surface area (Å²) in [5.74, 6) is 0.397. The Morgan fingerprint density at radius 2 is 2.10 bits per heavy atom. The molecule has 0 bridgehead atoms. The van der Waals surface area contributed by atoms with Crippen LogP contribution >= 0.6 is 0 Å². The van der Waals surface area contributed by atoms with Crippen LogP contribution in [-0.2, 0) is 26.0 Å². The minimum absolute atomic E-state index is 0.0216. The number of nitrogens with one attached hydrogen (secondary N) is 1. The molecule has 158 valence electrons. The molecule has 0 saturated carbocycles. The van der Waals surface area contributed by atoms with E-state index < -0.39 is 9.84 Å². The molecule has 2 aromatic rings. The molecule has 1 saturated heterocycles. The smallest absolute Gasteiger partial charge is 0.290 e. The first kappa shape index (κ1) is 22.6. The molecule has 0 radical (unpaired) electrons. The zero-order chi connectivity index (χ0) is 21.3. The summed E-state index contributed by atoms with van der Waals surface area (Å²) in [6.45, 7) is 0.725. The van der Waals surface area contributed by atoms with Crippen molar-refractivity contribution in [2.75, 3.05) is 25.1 Å². The number of carboxylic acid groups (broad SMARTS) is 1. The maximum absolute atomic E-state index is 12.2. The fraction of sp³-hybridized carbons (Fsp3) is 0.421. The lowest BCUT2D eigenvalue weighted by atomic mass is 10.1. The Bertz CT molecular complexity index is 899. The van der Waals surface area contributed by atoms with Crippen LogP contribution in [0.15, 0.2) is 42.7 Å². The number of para-hydroxylation sites is 1. The molecule has 0 spiro atoms. The average molecular weight is 423 g/mol. The third-order valence-electron chi connectivity index (χ3n) is 4.74. The van der Waals surface area contributed by atoms with E-state index in [1.165, 1.54) is 0 Å². The molecule has 1 aromatic heterocycles. The highest BCUT2D eigenvalue weighted by molar-refractivity contribution is 7.91. The van der Waals surface area contributed by atoms with Gasteiger partial charge in [-0.15, -0.1) is 0 Å². The van der Waals surface area contributed by atoms with E-state index in [0.717, 1.165) is 11.3 Å². The lowest BCUT2D eigenvalue weighted by molar-refractivity contribution is -0.123. The predicted octanol–water partition coefficient (Wildman–Crippen LogP) is 0.698. The summed E-state index contributed by atoms with van der Waals surface area (Å²) >= 11 is 0. The van der Waals surface area contributed by atoms with Gasteiger partial charge in [0.05, 0.1) is 17.2 Å². The molecule has 2 N–H and O–H groups in total. The maximum atomic E-state index is 12.2. The van der Waals surface area contributed by atoms with Crippen LogP contribution in [0.2, 0.25) is 0 Å². The molecule has 1 aliphatic heterocycles. The molecule has 1 aromatic carbocycles. The van der Waals surface area contributed by atoms with Crippen LogP contribution in [-0.4, -0.2) is 71.7 Å². The summed E-state index contributed by atoms with van der Waals surface area (Å²) < 4.78 is 24.9. The van der Waals surface area contributed by atoms with Crippen molar-refractivity contribution in [3.8, 4) is 5.69 Å². The Morgan fingerprint density at radius 1 is 1.38 bits per heavy atom. The van der Waals surface area contributed by atoms with Gasteiger partial charge in [0.1, 0.15) is 0 Å². The van der Waals surface area contributed by atoms with Gasteiger partial charge in [0.2, 0.25) is 5.91 Å². The number of aromatic nitrogens is 2. The summed E-state index contributed by atoms with van der Waals surface area (Å²) in [5, 5.41) is 14.1. The number of benzene rings is 1. The number of amides is 1. The fourth-order valence-electron chi connectivity index (χ4n) is 3.16. The van der Waals surface area contributed by atoms with E-state index in [9.17, 15) is 13.2 Å². The van der Waals surface area contributed by atoms with Gasteiger partial charge in [-0.3, -0.25) is 9.59 Å². The van der Waals surface area contributed by atoms with Gasteiger partial charge in [-0.05, 0) is 31.2 Å². The SMILES string of the molecule is CN(CCC(=O)NCc1ccccc1-n1cccn1)C1CCS(=O)(=O)C1.O=CO. The molecular weight excluding hydrogens is 396 g/mol. The highest BCUT2D eigenvalue weighted by Crippen LogP contribution is 2.17. The van der Waals surface area contributed by atoms with Crippen molar-refractivity contribution >= 4 is 22.2 Å². The Morgan fingerprint density at radius 3 is 2.72 bits per heavy atom. The molecule has 1 unspecified atom stereocenters. The van der Waals surface area contributed by atoms with Crippen molar-refractivity contribution in [1.29, 1.82) is 0 Å². The number of hydrogen-bond donors (Lipinski definition) is 2.